The minimum absolute atomic E-state index is 0.0556. The molecule has 0 unspecified atom stereocenters. The highest BCUT2D eigenvalue weighted by atomic mass is 16.2. The zero-order valence-electron chi connectivity index (χ0n) is 12.9. The number of hydrogen-bond donors (Lipinski definition) is 0. The molecule has 0 saturated carbocycles. The van der Waals surface area contributed by atoms with Crippen molar-refractivity contribution in [3.05, 3.63) is 83.4 Å². The molecule has 0 fully saturated rings. The van der Waals surface area contributed by atoms with Gasteiger partial charge in [-0.1, -0.05) is 60.7 Å². The van der Waals surface area contributed by atoms with Gasteiger partial charge in [0, 0.05) is 19.2 Å². The summed E-state index contributed by atoms with van der Waals surface area (Å²) >= 11 is 0. The molecule has 2 heteroatoms. The number of hydrogen-bond acceptors (Lipinski definition) is 1. The van der Waals surface area contributed by atoms with Crippen molar-refractivity contribution in [2.45, 2.75) is 13.5 Å². The third-order valence-electron chi connectivity index (χ3n) is 4.04. The van der Waals surface area contributed by atoms with E-state index in [9.17, 15) is 4.79 Å². The first-order valence-electron chi connectivity index (χ1n) is 7.44. The highest BCUT2D eigenvalue weighted by Crippen LogP contribution is 2.20. The second-order valence-electron chi connectivity index (χ2n) is 5.61. The standard InChI is InChI=1S/C20H19NO/c1-15-8-3-4-10-17(15)14-21(2)20(22)19-13-7-11-16-9-5-6-12-18(16)19/h3-13H,14H2,1-2H3. The summed E-state index contributed by atoms with van der Waals surface area (Å²) in [6.07, 6.45) is 0. The van der Waals surface area contributed by atoms with Gasteiger partial charge in [-0.05, 0) is 34.9 Å². The highest BCUT2D eigenvalue weighted by molar-refractivity contribution is 6.06. The van der Waals surface area contributed by atoms with Crippen LogP contribution < -0.4 is 0 Å². The summed E-state index contributed by atoms with van der Waals surface area (Å²) in [6, 6.07) is 22.1. The second kappa shape index (κ2) is 6.02. The molecule has 0 spiro atoms. The van der Waals surface area contributed by atoms with Gasteiger partial charge in [0.15, 0.2) is 0 Å². The van der Waals surface area contributed by atoms with Crippen LogP contribution in [0.1, 0.15) is 21.5 Å². The van der Waals surface area contributed by atoms with Crippen molar-refractivity contribution in [1.29, 1.82) is 0 Å². The number of carbonyl (C=O) groups excluding carboxylic acids is 1. The zero-order chi connectivity index (χ0) is 15.5. The van der Waals surface area contributed by atoms with Crippen LogP contribution in [0.25, 0.3) is 10.8 Å². The maximum atomic E-state index is 12.8. The Balaban J connectivity index is 1.91. The Bertz CT molecular complexity index is 817. The van der Waals surface area contributed by atoms with Gasteiger partial charge < -0.3 is 4.90 Å². The minimum atomic E-state index is 0.0556. The van der Waals surface area contributed by atoms with E-state index in [1.165, 1.54) is 11.1 Å². The van der Waals surface area contributed by atoms with Crippen LogP contribution in [0.5, 0.6) is 0 Å². The quantitative estimate of drug-likeness (QED) is 0.699. The van der Waals surface area contributed by atoms with E-state index in [2.05, 4.69) is 19.1 Å². The van der Waals surface area contributed by atoms with Gasteiger partial charge in [0.1, 0.15) is 0 Å². The first-order valence-corrected chi connectivity index (χ1v) is 7.44. The second-order valence-corrected chi connectivity index (χ2v) is 5.61. The zero-order valence-corrected chi connectivity index (χ0v) is 12.9. The lowest BCUT2D eigenvalue weighted by Crippen LogP contribution is -2.26. The number of aryl methyl sites for hydroxylation is 1. The average Bonchev–Trinajstić information content (AvgIpc) is 2.55. The maximum Gasteiger partial charge on any atom is 0.254 e. The largest absolute Gasteiger partial charge is 0.337 e. The molecule has 0 heterocycles. The number of amides is 1. The molecule has 0 aliphatic heterocycles. The number of rotatable bonds is 3. The Morgan fingerprint density at radius 2 is 1.59 bits per heavy atom. The van der Waals surface area contributed by atoms with Crippen LogP contribution in [0, 0.1) is 6.92 Å². The third kappa shape index (κ3) is 2.73. The van der Waals surface area contributed by atoms with Crippen molar-refractivity contribution >= 4 is 16.7 Å². The molecule has 0 aliphatic carbocycles. The molecular formula is C20H19NO. The smallest absolute Gasteiger partial charge is 0.254 e. The van der Waals surface area contributed by atoms with E-state index in [4.69, 9.17) is 0 Å². The molecule has 0 bridgehead atoms. The summed E-state index contributed by atoms with van der Waals surface area (Å²) in [6.45, 7) is 2.69. The Hall–Kier alpha value is -2.61. The van der Waals surface area contributed by atoms with Gasteiger partial charge in [-0.25, -0.2) is 0 Å². The topological polar surface area (TPSA) is 20.3 Å². The van der Waals surface area contributed by atoms with Crippen LogP contribution >= 0.6 is 0 Å². The number of benzene rings is 3. The Kier molecular flexibility index (Phi) is 3.92. The summed E-state index contributed by atoms with van der Waals surface area (Å²) in [5, 5.41) is 2.10. The molecule has 0 atom stereocenters. The van der Waals surface area contributed by atoms with Crippen LogP contribution in [0.4, 0.5) is 0 Å². The van der Waals surface area contributed by atoms with Gasteiger partial charge in [0.2, 0.25) is 0 Å². The molecule has 3 aromatic carbocycles. The van der Waals surface area contributed by atoms with E-state index in [1.54, 1.807) is 4.90 Å². The fourth-order valence-corrected chi connectivity index (χ4v) is 2.73. The van der Waals surface area contributed by atoms with Crippen molar-refractivity contribution in [2.75, 3.05) is 7.05 Å². The third-order valence-corrected chi connectivity index (χ3v) is 4.04. The molecule has 110 valence electrons. The average molecular weight is 289 g/mol. The van der Waals surface area contributed by atoms with Crippen LogP contribution in [-0.4, -0.2) is 17.9 Å². The SMILES string of the molecule is Cc1ccccc1CN(C)C(=O)c1cccc2ccccc12. The molecule has 0 saturated heterocycles. The monoisotopic (exact) mass is 289 g/mol. The lowest BCUT2D eigenvalue weighted by atomic mass is 10.0. The van der Waals surface area contributed by atoms with E-state index in [1.807, 2.05) is 61.6 Å². The van der Waals surface area contributed by atoms with Crippen LogP contribution in [0.2, 0.25) is 0 Å². The van der Waals surface area contributed by atoms with Crippen molar-refractivity contribution in [2.24, 2.45) is 0 Å². The molecular weight excluding hydrogens is 270 g/mol. The van der Waals surface area contributed by atoms with Gasteiger partial charge in [-0.2, -0.15) is 0 Å². The first kappa shape index (κ1) is 14.3. The summed E-state index contributed by atoms with van der Waals surface area (Å²) in [5.74, 6) is 0.0556. The molecule has 2 nitrogen and oxygen atoms in total. The molecule has 3 aromatic rings. The predicted molar refractivity (Wildman–Crippen MR) is 90.9 cm³/mol. The van der Waals surface area contributed by atoms with E-state index < -0.39 is 0 Å². The molecule has 0 aliphatic rings. The molecule has 22 heavy (non-hydrogen) atoms. The van der Waals surface area contributed by atoms with Gasteiger partial charge in [0.25, 0.3) is 5.91 Å². The van der Waals surface area contributed by atoms with Crippen molar-refractivity contribution < 1.29 is 4.79 Å². The van der Waals surface area contributed by atoms with Crippen LogP contribution in [0.15, 0.2) is 66.7 Å². The predicted octanol–water partition coefficient (Wildman–Crippen LogP) is 4.42. The normalized spacial score (nSPS) is 10.6. The van der Waals surface area contributed by atoms with Gasteiger partial charge in [-0.3, -0.25) is 4.79 Å². The van der Waals surface area contributed by atoms with Crippen molar-refractivity contribution in [3.8, 4) is 0 Å². The molecule has 3 rings (SSSR count). The Morgan fingerprint density at radius 3 is 2.41 bits per heavy atom. The summed E-state index contributed by atoms with van der Waals surface area (Å²) in [5.41, 5.74) is 3.15. The maximum absolute atomic E-state index is 12.8. The summed E-state index contributed by atoms with van der Waals surface area (Å²) < 4.78 is 0. The fourth-order valence-electron chi connectivity index (χ4n) is 2.73. The van der Waals surface area contributed by atoms with Gasteiger partial charge >= 0.3 is 0 Å². The summed E-state index contributed by atoms with van der Waals surface area (Å²) in [4.78, 5) is 14.6. The van der Waals surface area contributed by atoms with Crippen molar-refractivity contribution in [3.63, 3.8) is 0 Å². The van der Waals surface area contributed by atoms with Gasteiger partial charge in [-0.15, -0.1) is 0 Å². The Labute approximate surface area is 131 Å². The van der Waals surface area contributed by atoms with E-state index >= 15 is 0 Å². The van der Waals surface area contributed by atoms with Crippen LogP contribution in [0.3, 0.4) is 0 Å². The molecule has 1 amide bonds. The molecule has 0 N–H and O–H groups in total. The molecule has 0 radical (unpaired) electrons. The van der Waals surface area contributed by atoms with Crippen molar-refractivity contribution in [1.82, 2.24) is 4.90 Å². The van der Waals surface area contributed by atoms with E-state index in [0.29, 0.717) is 6.54 Å². The Morgan fingerprint density at radius 1 is 0.909 bits per heavy atom. The first-order chi connectivity index (χ1) is 10.7. The fraction of sp³-hybridized carbons (Fsp3) is 0.150. The van der Waals surface area contributed by atoms with E-state index in [0.717, 1.165) is 16.3 Å². The number of fused-ring (bicyclic) bond motifs is 1. The van der Waals surface area contributed by atoms with Crippen LogP contribution in [-0.2, 0) is 6.54 Å². The lowest BCUT2D eigenvalue weighted by Gasteiger charge is -2.19. The number of nitrogens with zero attached hydrogens (tertiary/aromatic N) is 1. The van der Waals surface area contributed by atoms with E-state index in [-0.39, 0.29) is 5.91 Å². The van der Waals surface area contributed by atoms with Gasteiger partial charge in [0.05, 0.1) is 0 Å². The lowest BCUT2D eigenvalue weighted by molar-refractivity contribution is 0.0787. The minimum Gasteiger partial charge on any atom is -0.337 e. The summed E-state index contributed by atoms with van der Waals surface area (Å²) in [7, 11) is 1.86. The number of carbonyl (C=O) groups is 1. The highest BCUT2D eigenvalue weighted by Gasteiger charge is 2.15. The molecule has 0 aromatic heterocycles.